The largest absolute Gasteiger partial charge is 0.493 e. The van der Waals surface area contributed by atoms with Crippen LogP contribution in [0.4, 0.5) is 5.69 Å². The first-order valence-corrected chi connectivity index (χ1v) is 9.00. The quantitative estimate of drug-likeness (QED) is 0.832. The van der Waals surface area contributed by atoms with Crippen LogP contribution in [-0.4, -0.2) is 37.3 Å². The highest BCUT2D eigenvalue weighted by Crippen LogP contribution is 2.43. The number of Topliss-reactive ketones (excluding diaryl/α,β-unsaturated/α-hetero) is 1. The number of carbonyl (C=O) groups excluding carboxylic acids is 1. The normalized spacial score (nSPS) is 17.9. The van der Waals surface area contributed by atoms with Crippen molar-refractivity contribution in [2.24, 2.45) is 5.10 Å². The van der Waals surface area contributed by atoms with Gasteiger partial charge in [0.1, 0.15) is 0 Å². The zero-order valence-corrected chi connectivity index (χ0v) is 16.0. The predicted octanol–water partition coefficient (Wildman–Crippen LogP) is 3.29. The number of fused-ring (bicyclic) bond motifs is 3. The number of ketones is 1. The van der Waals surface area contributed by atoms with Gasteiger partial charge in [0.05, 0.1) is 19.9 Å². The average Bonchev–Trinajstić information content (AvgIpc) is 3.07. The fraction of sp³-hybridized carbons (Fsp3) is 0.333. The number of anilines is 1. The van der Waals surface area contributed by atoms with E-state index in [4.69, 9.17) is 14.6 Å². The van der Waals surface area contributed by atoms with E-state index in [1.54, 1.807) is 21.1 Å². The molecule has 0 spiro atoms. The fourth-order valence-electron chi connectivity index (χ4n) is 3.87. The molecule has 0 amide bonds. The second kappa shape index (κ2) is 6.61. The van der Waals surface area contributed by atoms with Gasteiger partial charge in [0.2, 0.25) is 0 Å². The molecule has 27 heavy (non-hydrogen) atoms. The molecular weight excluding hydrogens is 342 g/mol. The van der Waals surface area contributed by atoms with Crippen molar-refractivity contribution in [1.82, 2.24) is 4.90 Å². The number of methoxy groups -OCH3 is 2. The summed E-state index contributed by atoms with van der Waals surface area (Å²) in [5.74, 6) is 1.87. The molecule has 2 aliphatic rings. The number of amidine groups is 1. The van der Waals surface area contributed by atoms with Crippen molar-refractivity contribution in [3.05, 3.63) is 53.1 Å². The number of rotatable bonds is 4. The van der Waals surface area contributed by atoms with E-state index >= 15 is 0 Å². The number of nitrogens with zero attached hydrogens (tertiary/aromatic N) is 3. The summed E-state index contributed by atoms with van der Waals surface area (Å²) in [4.78, 5) is 14.3. The number of aryl methyl sites for hydroxylation is 1. The van der Waals surface area contributed by atoms with Gasteiger partial charge in [0, 0.05) is 19.0 Å². The van der Waals surface area contributed by atoms with Gasteiger partial charge in [-0.1, -0.05) is 12.1 Å². The molecule has 6 heteroatoms. The molecule has 0 aromatic heterocycles. The molecule has 0 aliphatic carbocycles. The van der Waals surface area contributed by atoms with Crippen molar-refractivity contribution in [2.75, 3.05) is 25.8 Å². The minimum Gasteiger partial charge on any atom is -0.493 e. The van der Waals surface area contributed by atoms with Crippen molar-refractivity contribution in [1.29, 1.82) is 0 Å². The van der Waals surface area contributed by atoms with E-state index in [-0.39, 0.29) is 11.9 Å². The molecule has 2 aliphatic heterocycles. The number of hydrogen-bond acceptors (Lipinski definition) is 6. The van der Waals surface area contributed by atoms with Gasteiger partial charge >= 0.3 is 0 Å². The molecule has 6 nitrogen and oxygen atoms in total. The maximum Gasteiger partial charge on any atom is 0.196 e. The van der Waals surface area contributed by atoms with Crippen molar-refractivity contribution >= 4 is 17.3 Å². The molecule has 0 fully saturated rings. The summed E-state index contributed by atoms with van der Waals surface area (Å²) in [6.45, 7) is 4.35. The van der Waals surface area contributed by atoms with Gasteiger partial charge in [-0.05, 0) is 48.7 Å². The molecule has 0 saturated heterocycles. The van der Waals surface area contributed by atoms with Crippen LogP contribution in [0.15, 0.2) is 41.5 Å². The molecule has 0 radical (unpaired) electrons. The topological polar surface area (TPSA) is 54.4 Å². The summed E-state index contributed by atoms with van der Waals surface area (Å²) in [6.07, 6.45) is 0.648. The molecular formula is C21H23N3O3. The van der Waals surface area contributed by atoms with Crippen LogP contribution in [0.1, 0.15) is 29.8 Å². The Morgan fingerprint density at radius 3 is 2.56 bits per heavy atom. The SMILES string of the molecule is COc1cc2c(cc1OC)C1N(CC2)C(C(C)=O)=NN1c1cccc(C)c1. The number of hydrogen-bond donors (Lipinski definition) is 0. The van der Waals surface area contributed by atoms with Crippen LogP contribution >= 0.6 is 0 Å². The van der Waals surface area contributed by atoms with Crippen molar-refractivity contribution in [3.63, 3.8) is 0 Å². The Balaban J connectivity index is 1.87. The maximum atomic E-state index is 12.2. The molecule has 4 rings (SSSR count). The lowest BCUT2D eigenvalue weighted by Gasteiger charge is -2.37. The highest BCUT2D eigenvalue weighted by Gasteiger charge is 2.41. The summed E-state index contributed by atoms with van der Waals surface area (Å²) in [7, 11) is 3.28. The van der Waals surface area contributed by atoms with Crippen molar-refractivity contribution < 1.29 is 14.3 Å². The lowest BCUT2D eigenvalue weighted by atomic mass is 9.95. The van der Waals surface area contributed by atoms with Crippen molar-refractivity contribution in [3.8, 4) is 11.5 Å². The Kier molecular flexibility index (Phi) is 4.26. The zero-order valence-electron chi connectivity index (χ0n) is 16.0. The van der Waals surface area contributed by atoms with E-state index in [1.165, 1.54) is 5.56 Å². The van der Waals surface area contributed by atoms with Gasteiger partial charge in [-0.15, -0.1) is 5.10 Å². The van der Waals surface area contributed by atoms with Gasteiger partial charge in [0.25, 0.3) is 0 Å². The third-order valence-electron chi connectivity index (χ3n) is 5.13. The lowest BCUT2D eigenvalue weighted by molar-refractivity contribution is -0.111. The van der Waals surface area contributed by atoms with Crippen LogP contribution in [0.25, 0.3) is 0 Å². The van der Waals surface area contributed by atoms with Crippen LogP contribution in [-0.2, 0) is 11.2 Å². The number of ether oxygens (including phenoxy) is 2. The number of carbonyl (C=O) groups is 1. The predicted molar refractivity (Wildman–Crippen MR) is 104 cm³/mol. The monoisotopic (exact) mass is 365 g/mol. The molecule has 0 bridgehead atoms. The highest BCUT2D eigenvalue weighted by molar-refractivity contribution is 6.38. The third-order valence-corrected chi connectivity index (χ3v) is 5.13. The van der Waals surface area contributed by atoms with Crippen LogP contribution in [0, 0.1) is 6.92 Å². The van der Waals surface area contributed by atoms with E-state index < -0.39 is 0 Å². The highest BCUT2D eigenvalue weighted by atomic mass is 16.5. The second-order valence-corrected chi connectivity index (χ2v) is 6.89. The van der Waals surface area contributed by atoms with Crippen LogP contribution < -0.4 is 14.5 Å². The second-order valence-electron chi connectivity index (χ2n) is 6.89. The fourth-order valence-corrected chi connectivity index (χ4v) is 3.87. The Morgan fingerprint density at radius 1 is 1.15 bits per heavy atom. The first kappa shape index (κ1) is 17.4. The average molecular weight is 365 g/mol. The van der Waals surface area contributed by atoms with E-state index in [9.17, 15) is 4.79 Å². The summed E-state index contributed by atoms with van der Waals surface area (Å²) >= 11 is 0. The summed E-state index contributed by atoms with van der Waals surface area (Å²) in [5.41, 5.74) is 4.38. The van der Waals surface area contributed by atoms with E-state index in [1.807, 2.05) is 29.3 Å². The zero-order chi connectivity index (χ0) is 19.1. The molecule has 2 aromatic rings. The standard InChI is InChI=1S/C21H23N3O3/c1-13-6-5-7-16(10-13)24-21-17-12-19(27-4)18(26-3)11-15(17)8-9-23(21)20(22-24)14(2)25/h5-7,10-12,21H,8-9H2,1-4H3. The van der Waals surface area contributed by atoms with Gasteiger partial charge < -0.3 is 14.4 Å². The smallest absolute Gasteiger partial charge is 0.196 e. The molecule has 0 saturated carbocycles. The van der Waals surface area contributed by atoms with Gasteiger partial charge in [-0.3, -0.25) is 4.79 Å². The first-order chi connectivity index (χ1) is 13.0. The van der Waals surface area contributed by atoms with E-state index in [0.29, 0.717) is 11.6 Å². The minimum absolute atomic E-state index is 0.0286. The Morgan fingerprint density at radius 2 is 1.89 bits per heavy atom. The molecule has 2 aromatic carbocycles. The minimum atomic E-state index is -0.172. The third kappa shape index (κ3) is 2.81. The molecule has 1 atom stereocenters. The number of hydrazone groups is 1. The maximum absolute atomic E-state index is 12.2. The number of benzene rings is 2. The summed E-state index contributed by atoms with van der Waals surface area (Å²) < 4.78 is 11.0. The Hall–Kier alpha value is -3.02. The van der Waals surface area contributed by atoms with Gasteiger partial charge in [-0.2, -0.15) is 0 Å². The van der Waals surface area contributed by atoms with Crippen LogP contribution in [0.3, 0.4) is 0 Å². The van der Waals surface area contributed by atoms with Crippen LogP contribution in [0.5, 0.6) is 11.5 Å². The van der Waals surface area contributed by atoms with Gasteiger partial charge in [0.15, 0.2) is 29.3 Å². The first-order valence-electron chi connectivity index (χ1n) is 9.00. The van der Waals surface area contributed by atoms with Gasteiger partial charge in [-0.25, -0.2) is 5.01 Å². The lowest BCUT2D eigenvalue weighted by Crippen LogP contribution is -2.42. The van der Waals surface area contributed by atoms with E-state index in [2.05, 4.69) is 24.0 Å². The molecule has 0 N–H and O–H groups in total. The molecule has 1 unspecified atom stereocenters. The van der Waals surface area contributed by atoms with Crippen LogP contribution in [0.2, 0.25) is 0 Å². The molecule has 140 valence electrons. The van der Waals surface area contributed by atoms with Crippen molar-refractivity contribution in [2.45, 2.75) is 26.4 Å². The summed E-state index contributed by atoms with van der Waals surface area (Å²) in [5, 5.41) is 6.63. The Bertz CT molecular complexity index is 938. The Labute approximate surface area is 159 Å². The summed E-state index contributed by atoms with van der Waals surface area (Å²) in [6, 6.07) is 12.2. The van der Waals surface area contributed by atoms with E-state index in [0.717, 1.165) is 35.5 Å². The molecule has 2 heterocycles.